The number of rotatable bonds is 16. The van der Waals surface area contributed by atoms with Crippen molar-refractivity contribution in [1.82, 2.24) is 16.0 Å². The molecule has 0 bridgehead atoms. The lowest BCUT2D eigenvalue weighted by atomic mass is 10.0. The highest BCUT2D eigenvalue weighted by Crippen LogP contribution is 2.05. The molecule has 14 nitrogen and oxygen atoms in total. The lowest BCUT2D eigenvalue weighted by Gasteiger charge is -2.24. The molecule has 4 amide bonds. The number of guanidine groups is 1. The number of nitrogens with two attached hydrogens (primary N) is 4. The van der Waals surface area contributed by atoms with E-state index < -0.39 is 53.8 Å². The molecule has 194 valence electrons. The molecule has 0 aliphatic heterocycles. The zero-order valence-corrected chi connectivity index (χ0v) is 19.9. The zero-order chi connectivity index (χ0) is 26.4. The monoisotopic (exact) mass is 486 g/mol. The van der Waals surface area contributed by atoms with Crippen molar-refractivity contribution in [2.24, 2.45) is 33.8 Å². The van der Waals surface area contributed by atoms with Crippen LogP contribution in [0.4, 0.5) is 0 Å². The van der Waals surface area contributed by atoms with Crippen molar-refractivity contribution in [1.29, 1.82) is 0 Å². The summed E-state index contributed by atoms with van der Waals surface area (Å²) in [5.74, 6) is -4.01. The number of aliphatic carboxylic acids is 1. The van der Waals surface area contributed by atoms with Crippen LogP contribution >= 0.6 is 0 Å². The van der Waals surface area contributed by atoms with Crippen LogP contribution in [0.15, 0.2) is 4.99 Å². The lowest BCUT2D eigenvalue weighted by Crippen LogP contribution is -2.56. The summed E-state index contributed by atoms with van der Waals surface area (Å²) in [6.45, 7) is 5.41. The molecule has 0 fully saturated rings. The van der Waals surface area contributed by atoms with E-state index in [0.717, 1.165) is 0 Å². The van der Waals surface area contributed by atoms with E-state index in [1.807, 2.05) is 13.8 Å². The van der Waals surface area contributed by atoms with E-state index in [1.54, 1.807) is 0 Å². The van der Waals surface area contributed by atoms with Gasteiger partial charge in [0, 0.05) is 13.0 Å². The van der Waals surface area contributed by atoms with Gasteiger partial charge in [0.15, 0.2) is 5.96 Å². The summed E-state index contributed by atoms with van der Waals surface area (Å²) in [6, 6.07) is -4.34. The molecule has 0 aromatic rings. The first-order valence-electron chi connectivity index (χ1n) is 11.0. The number of nitrogens with zero attached hydrogens (tertiary/aromatic N) is 1. The summed E-state index contributed by atoms with van der Waals surface area (Å²) in [4.78, 5) is 63.8. The van der Waals surface area contributed by atoms with Crippen LogP contribution in [0, 0.1) is 5.92 Å². The zero-order valence-electron chi connectivity index (χ0n) is 19.9. The van der Waals surface area contributed by atoms with Crippen molar-refractivity contribution in [3.63, 3.8) is 0 Å². The van der Waals surface area contributed by atoms with Gasteiger partial charge in [0.1, 0.15) is 18.1 Å². The Hall–Kier alpha value is -3.42. The number of nitrogens with one attached hydrogen (secondary N) is 3. The van der Waals surface area contributed by atoms with Crippen molar-refractivity contribution in [3.8, 4) is 0 Å². The van der Waals surface area contributed by atoms with Gasteiger partial charge < -0.3 is 44.0 Å². The maximum Gasteiger partial charge on any atom is 0.326 e. The van der Waals surface area contributed by atoms with Crippen LogP contribution in [0.5, 0.6) is 0 Å². The average Bonchev–Trinajstić information content (AvgIpc) is 2.71. The van der Waals surface area contributed by atoms with E-state index in [-0.39, 0.29) is 44.1 Å². The predicted molar refractivity (Wildman–Crippen MR) is 125 cm³/mol. The summed E-state index contributed by atoms with van der Waals surface area (Å²) >= 11 is 0. The average molecular weight is 487 g/mol. The minimum atomic E-state index is -1.39. The first kappa shape index (κ1) is 30.6. The first-order valence-corrected chi connectivity index (χ1v) is 11.0. The Morgan fingerprint density at radius 1 is 0.853 bits per heavy atom. The fourth-order valence-corrected chi connectivity index (χ4v) is 2.89. The van der Waals surface area contributed by atoms with E-state index in [2.05, 4.69) is 20.9 Å². The standard InChI is InChI=1S/C20H38N8O6/c1-10(2)9-12(21)17(31)26-11(3)16(30)27-13(5-4-8-25-20(23)24)18(32)28-14(19(33)34)6-7-15(22)29/h10-14H,4-9,21H2,1-3H3,(H2,22,29)(H,26,31)(H,27,30)(H,28,32)(H,33,34)(H4,23,24,25). The Balaban J connectivity index is 5.27. The highest BCUT2D eigenvalue weighted by Gasteiger charge is 2.28. The van der Waals surface area contributed by atoms with Crippen LogP contribution in [0.3, 0.4) is 0 Å². The van der Waals surface area contributed by atoms with Crippen molar-refractivity contribution >= 4 is 35.6 Å². The molecule has 4 atom stereocenters. The number of carbonyl (C=O) groups excluding carboxylic acids is 4. The first-order chi connectivity index (χ1) is 15.7. The highest BCUT2D eigenvalue weighted by molar-refractivity contribution is 5.94. The van der Waals surface area contributed by atoms with Crippen molar-refractivity contribution in [2.75, 3.05) is 6.54 Å². The van der Waals surface area contributed by atoms with Crippen LogP contribution in [-0.2, 0) is 24.0 Å². The third-order valence-corrected chi connectivity index (χ3v) is 4.69. The van der Waals surface area contributed by atoms with Crippen LogP contribution in [0.25, 0.3) is 0 Å². The van der Waals surface area contributed by atoms with Gasteiger partial charge >= 0.3 is 5.97 Å². The van der Waals surface area contributed by atoms with Gasteiger partial charge in [-0.25, -0.2) is 4.79 Å². The summed E-state index contributed by atoms with van der Waals surface area (Å²) in [7, 11) is 0. The summed E-state index contributed by atoms with van der Waals surface area (Å²) < 4.78 is 0. The van der Waals surface area contributed by atoms with Crippen molar-refractivity contribution in [2.45, 2.75) is 77.0 Å². The van der Waals surface area contributed by atoms with E-state index in [0.29, 0.717) is 6.42 Å². The number of carboxylic acids is 1. The Morgan fingerprint density at radius 2 is 1.44 bits per heavy atom. The van der Waals surface area contributed by atoms with E-state index in [4.69, 9.17) is 22.9 Å². The van der Waals surface area contributed by atoms with Gasteiger partial charge in [-0.2, -0.15) is 0 Å². The van der Waals surface area contributed by atoms with Crippen LogP contribution in [0.1, 0.15) is 52.9 Å². The molecule has 0 aromatic heterocycles. The molecule has 0 aromatic carbocycles. The number of primary amides is 1. The molecule has 12 N–H and O–H groups in total. The van der Waals surface area contributed by atoms with Crippen LogP contribution in [0.2, 0.25) is 0 Å². The van der Waals surface area contributed by atoms with Gasteiger partial charge in [-0.3, -0.25) is 24.2 Å². The number of hydrogen-bond donors (Lipinski definition) is 8. The minimum Gasteiger partial charge on any atom is -0.480 e. The predicted octanol–water partition coefficient (Wildman–Crippen LogP) is -2.76. The molecule has 0 saturated carbocycles. The molecule has 0 radical (unpaired) electrons. The fraction of sp³-hybridized carbons (Fsp3) is 0.700. The molecular formula is C20H38N8O6. The number of aliphatic imine (C=N–C) groups is 1. The maximum atomic E-state index is 12.7. The topological polar surface area (TPSA) is 258 Å². The molecule has 0 heterocycles. The summed E-state index contributed by atoms with van der Waals surface area (Å²) in [5.41, 5.74) is 21.4. The van der Waals surface area contributed by atoms with Gasteiger partial charge in [0.25, 0.3) is 0 Å². The number of carboxylic acid groups (broad SMARTS) is 1. The van der Waals surface area contributed by atoms with E-state index >= 15 is 0 Å². The summed E-state index contributed by atoms with van der Waals surface area (Å²) in [6.07, 6.45) is 0.320. The van der Waals surface area contributed by atoms with Crippen LogP contribution < -0.4 is 38.9 Å². The van der Waals surface area contributed by atoms with Gasteiger partial charge in [0.05, 0.1) is 6.04 Å². The van der Waals surface area contributed by atoms with E-state index in [9.17, 15) is 29.1 Å². The number of carbonyl (C=O) groups is 5. The molecule has 4 unspecified atom stereocenters. The Bertz CT molecular complexity index is 753. The molecule has 0 aliphatic rings. The molecule has 0 aliphatic carbocycles. The Labute approximate surface area is 198 Å². The minimum absolute atomic E-state index is 0.0735. The van der Waals surface area contributed by atoms with Gasteiger partial charge in [0.2, 0.25) is 23.6 Å². The third kappa shape index (κ3) is 13.2. The maximum absolute atomic E-state index is 12.7. The number of hydrogen-bond acceptors (Lipinski definition) is 7. The molecule has 14 heteroatoms. The second-order valence-electron chi connectivity index (χ2n) is 8.38. The van der Waals surface area contributed by atoms with Gasteiger partial charge in [-0.1, -0.05) is 13.8 Å². The quantitative estimate of drug-likeness (QED) is 0.0637. The summed E-state index contributed by atoms with van der Waals surface area (Å²) in [5, 5.41) is 16.6. The SMILES string of the molecule is CC(C)CC(N)C(=O)NC(C)C(=O)NC(CCCN=C(N)N)C(=O)NC(CCC(N)=O)C(=O)O. The molecule has 0 rings (SSSR count). The smallest absolute Gasteiger partial charge is 0.326 e. The lowest BCUT2D eigenvalue weighted by molar-refractivity contribution is -0.142. The fourth-order valence-electron chi connectivity index (χ4n) is 2.89. The van der Waals surface area contributed by atoms with Crippen LogP contribution in [-0.4, -0.2) is 71.4 Å². The van der Waals surface area contributed by atoms with Gasteiger partial charge in [-0.15, -0.1) is 0 Å². The molecule has 0 saturated heterocycles. The Kier molecular flexibility index (Phi) is 13.9. The largest absolute Gasteiger partial charge is 0.480 e. The molecule has 0 spiro atoms. The second-order valence-corrected chi connectivity index (χ2v) is 8.38. The number of amides is 4. The Morgan fingerprint density at radius 3 is 1.94 bits per heavy atom. The van der Waals surface area contributed by atoms with Gasteiger partial charge in [-0.05, 0) is 38.5 Å². The normalized spacial score (nSPS) is 14.3. The van der Waals surface area contributed by atoms with E-state index in [1.165, 1.54) is 6.92 Å². The molecule has 34 heavy (non-hydrogen) atoms. The van der Waals surface area contributed by atoms with Crippen molar-refractivity contribution in [3.05, 3.63) is 0 Å². The highest BCUT2D eigenvalue weighted by atomic mass is 16.4. The molecular weight excluding hydrogens is 448 g/mol. The van der Waals surface area contributed by atoms with Crippen molar-refractivity contribution < 1.29 is 29.1 Å². The second kappa shape index (κ2) is 15.4. The third-order valence-electron chi connectivity index (χ3n) is 4.69.